The summed E-state index contributed by atoms with van der Waals surface area (Å²) in [7, 11) is 0. The van der Waals surface area contributed by atoms with Gasteiger partial charge in [0.05, 0.1) is 0 Å². The van der Waals surface area contributed by atoms with Crippen molar-refractivity contribution in [3.8, 4) is 11.4 Å². The molecule has 2 heterocycles. The highest BCUT2D eigenvalue weighted by molar-refractivity contribution is 6.00. The number of nitrogens with zero attached hydrogens (tertiary/aromatic N) is 3. The molecule has 0 radical (unpaired) electrons. The molecule has 6 heteroatoms. The summed E-state index contributed by atoms with van der Waals surface area (Å²) in [6.07, 6.45) is 1.22. The van der Waals surface area contributed by atoms with Crippen molar-refractivity contribution in [3.63, 3.8) is 0 Å². The lowest BCUT2D eigenvalue weighted by molar-refractivity contribution is -0.118. The van der Waals surface area contributed by atoms with Crippen molar-refractivity contribution in [2.24, 2.45) is 5.41 Å². The van der Waals surface area contributed by atoms with Gasteiger partial charge in [0.2, 0.25) is 5.95 Å². The van der Waals surface area contributed by atoms with Crippen LogP contribution < -0.4 is 5.32 Å². The smallest absolute Gasteiger partial charge is 0.226 e. The molecule has 1 atom stereocenters. The third-order valence-corrected chi connectivity index (χ3v) is 5.55. The Morgan fingerprint density at radius 3 is 2.52 bits per heavy atom. The predicted molar refractivity (Wildman–Crippen MR) is 109 cm³/mol. The number of carbonyl (C=O) groups is 1. The molecule has 0 saturated carbocycles. The van der Waals surface area contributed by atoms with Gasteiger partial charge in [-0.1, -0.05) is 56.3 Å². The summed E-state index contributed by atoms with van der Waals surface area (Å²) in [5, 5.41) is 8.09. The van der Waals surface area contributed by atoms with Crippen LogP contribution in [0.3, 0.4) is 0 Å². The SMILES string of the molecule is CC1(C)CC(=O)C2=C(C1)Nc1nc(-c3ccccc3)nn1[C@@H]2c1ccc(F)cc1. The molecule has 0 spiro atoms. The maximum atomic E-state index is 13.6. The number of benzene rings is 2. The first-order valence-electron chi connectivity index (χ1n) is 9.72. The zero-order valence-electron chi connectivity index (χ0n) is 16.3. The van der Waals surface area contributed by atoms with Crippen LogP contribution in [-0.4, -0.2) is 20.5 Å². The highest BCUT2D eigenvalue weighted by Crippen LogP contribution is 2.45. The summed E-state index contributed by atoms with van der Waals surface area (Å²) < 4.78 is 15.3. The van der Waals surface area contributed by atoms with Crippen molar-refractivity contribution in [1.82, 2.24) is 14.8 Å². The zero-order valence-corrected chi connectivity index (χ0v) is 16.3. The van der Waals surface area contributed by atoms with Gasteiger partial charge in [-0.3, -0.25) is 4.79 Å². The topological polar surface area (TPSA) is 59.8 Å². The Morgan fingerprint density at radius 1 is 1.07 bits per heavy atom. The van der Waals surface area contributed by atoms with Crippen molar-refractivity contribution in [2.45, 2.75) is 32.7 Å². The number of aromatic nitrogens is 3. The van der Waals surface area contributed by atoms with Crippen LogP contribution in [0, 0.1) is 11.2 Å². The first-order valence-corrected chi connectivity index (χ1v) is 9.72. The lowest BCUT2D eigenvalue weighted by Gasteiger charge is -2.38. The Kier molecular flexibility index (Phi) is 3.91. The average molecular weight is 388 g/mol. The van der Waals surface area contributed by atoms with Gasteiger partial charge in [0.1, 0.15) is 11.9 Å². The Morgan fingerprint density at radius 2 is 1.79 bits per heavy atom. The summed E-state index contributed by atoms with van der Waals surface area (Å²) in [5.41, 5.74) is 3.19. The van der Waals surface area contributed by atoms with Crippen LogP contribution in [0.5, 0.6) is 0 Å². The van der Waals surface area contributed by atoms with E-state index in [1.807, 2.05) is 30.3 Å². The molecule has 1 aliphatic heterocycles. The van der Waals surface area contributed by atoms with Crippen molar-refractivity contribution in [1.29, 1.82) is 0 Å². The fourth-order valence-electron chi connectivity index (χ4n) is 4.27. The van der Waals surface area contributed by atoms with Crippen molar-refractivity contribution in [2.75, 3.05) is 5.32 Å². The number of nitrogens with one attached hydrogen (secondary N) is 1. The molecule has 2 aliphatic rings. The molecule has 0 amide bonds. The number of hydrogen-bond donors (Lipinski definition) is 1. The van der Waals surface area contributed by atoms with E-state index in [1.54, 1.807) is 16.8 Å². The monoisotopic (exact) mass is 388 g/mol. The van der Waals surface area contributed by atoms with Crippen LogP contribution in [0.25, 0.3) is 11.4 Å². The quantitative estimate of drug-likeness (QED) is 0.689. The van der Waals surface area contributed by atoms with Gasteiger partial charge in [-0.2, -0.15) is 4.98 Å². The maximum absolute atomic E-state index is 13.6. The molecule has 0 unspecified atom stereocenters. The molecular formula is C23H21FN4O. The number of Topliss-reactive ketones (excluding diaryl/α,β-unsaturated/α-hetero) is 1. The van der Waals surface area contributed by atoms with Gasteiger partial charge in [-0.15, -0.1) is 5.10 Å². The number of fused-ring (bicyclic) bond motifs is 1. The van der Waals surface area contributed by atoms with Crippen LogP contribution in [-0.2, 0) is 4.79 Å². The van der Waals surface area contributed by atoms with Crippen LogP contribution in [0.2, 0.25) is 0 Å². The number of ketones is 1. The predicted octanol–water partition coefficient (Wildman–Crippen LogP) is 4.74. The van der Waals surface area contributed by atoms with E-state index in [-0.39, 0.29) is 17.0 Å². The third kappa shape index (κ3) is 3.05. The molecule has 1 aromatic heterocycles. The lowest BCUT2D eigenvalue weighted by atomic mass is 9.73. The highest BCUT2D eigenvalue weighted by atomic mass is 19.1. The zero-order chi connectivity index (χ0) is 20.2. The number of allylic oxidation sites excluding steroid dienone is 2. The summed E-state index contributed by atoms with van der Waals surface area (Å²) in [6.45, 7) is 4.19. The first kappa shape index (κ1) is 17.8. The van der Waals surface area contributed by atoms with Gasteiger partial charge in [-0.05, 0) is 29.5 Å². The lowest BCUT2D eigenvalue weighted by Crippen LogP contribution is -2.36. The van der Waals surface area contributed by atoms with Crippen molar-refractivity contribution < 1.29 is 9.18 Å². The minimum absolute atomic E-state index is 0.0977. The van der Waals surface area contributed by atoms with Gasteiger partial charge < -0.3 is 5.32 Å². The second-order valence-electron chi connectivity index (χ2n) is 8.48. The van der Waals surface area contributed by atoms with E-state index in [2.05, 4.69) is 19.2 Å². The van der Waals surface area contributed by atoms with Gasteiger partial charge in [-0.25, -0.2) is 9.07 Å². The van der Waals surface area contributed by atoms with E-state index >= 15 is 0 Å². The Labute approximate surface area is 168 Å². The molecular weight excluding hydrogens is 367 g/mol. The summed E-state index contributed by atoms with van der Waals surface area (Å²) in [6, 6.07) is 15.6. The maximum Gasteiger partial charge on any atom is 0.226 e. The van der Waals surface area contributed by atoms with E-state index < -0.39 is 6.04 Å². The molecule has 2 aromatic carbocycles. The number of hydrogen-bond acceptors (Lipinski definition) is 4. The van der Waals surface area contributed by atoms with E-state index in [1.165, 1.54) is 12.1 Å². The Hall–Kier alpha value is -3.28. The molecule has 0 bridgehead atoms. The van der Waals surface area contributed by atoms with E-state index in [4.69, 9.17) is 10.1 Å². The molecule has 29 heavy (non-hydrogen) atoms. The molecule has 5 rings (SSSR count). The molecule has 5 nitrogen and oxygen atoms in total. The van der Waals surface area contributed by atoms with Crippen molar-refractivity contribution in [3.05, 3.63) is 77.2 Å². The van der Waals surface area contributed by atoms with Crippen LogP contribution in [0.15, 0.2) is 65.9 Å². The second kappa shape index (κ2) is 6.37. The molecule has 1 aliphatic carbocycles. The Bertz CT molecular complexity index is 1130. The molecule has 1 N–H and O–H groups in total. The number of halogens is 1. The van der Waals surface area contributed by atoms with Gasteiger partial charge in [0.15, 0.2) is 11.6 Å². The largest absolute Gasteiger partial charge is 0.328 e. The molecule has 0 fully saturated rings. The summed E-state index contributed by atoms with van der Waals surface area (Å²) in [4.78, 5) is 17.8. The number of anilines is 1. The fourth-order valence-corrected chi connectivity index (χ4v) is 4.27. The number of carbonyl (C=O) groups excluding carboxylic acids is 1. The molecule has 146 valence electrons. The van der Waals surface area contributed by atoms with Gasteiger partial charge in [0.25, 0.3) is 0 Å². The van der Waals surface area contributed by atoms with Gasteiger partial charge in [0, 0.05) is 23.3 Å². The van der Waals surface area contributed by atoms with Crippen LogP contribution >= 0.6 is 0 Å². The van der Waals surface area contributed by atoms with E-state index in [9.17, 15) is 9.18 Å². The molecule has 3 aromatic rings. The summed E-state index contributed by atoms with van der Waals surface area (Å²) in [5.74, 6) is 0.978. The fraction of sp³-hybridized carbons (Fsp3) is 0.261. The minimum Gasteiger partial charge on any atom is -0.328 e. The second-order valence-corrected chi connectivity index (χ2v) is 8.48. The van der Waals surface area contributed by atoms with Crippen LogP contribution in [0.4, 0.5) is 10.3 Å². The van der Waals surface area contributed by atoms with Crippen molar-refractivity contribution >= 4 is 11.7 Å². The van der Waals surface area contributed by atoms with Crippen LogP contribution in [0.1, 0.15) is 38.3 Å². The highest BCUT2D eigenvalue weighted by Gasteiger charge is 2.41. The molecule has 0 saturated heterocycles. The third-order valence-electron chi connectivity index (χ3n) is 5.55. The standard InChI is InChI=1S/C23H21FN4O/c1-23(2)12-17-19(18(29)13-23)20(14-8-10-16(24)11-9-14)28-22(25-17)26-21(27-28)15-6-4-3-5-7-15/h3-11,20H,12-13H2,1-2H3,(H,25,26,27)/t20-/m1/s1. The van der Waals surface area contributed by atoms with E-state index in [0.717, 1.165) is 23.2 Å². The Balaban J connectivity index is 1.69. The average Bonchev–Trinajstić information content (AvgIpc) is 3.10. The minimum atomic E-state index is -0.421. The first-order chi connectivity index (χ1) is 13.9. The van der Waals surface area contributed by atoms with Gasteiger partial charge >= 0.3 is 0 Å². The number of rotatable bonds is 2. The normalized spacial score (nSPS) is 20.1. The summed E-state index contributed by atoms with van der Waals surface area (Å²) >= 11 is 0. The van der Waals surface area contributed by atoms with E-state index in [0.29, 0.717) is 23.8 Å².